The van der Waals surface area contributed by atoms with Gasteiger partial charge in [0.05, 0.1) is 53.0 Å². The van der Waals surface area contributed by atoms with Crippen LogP contribution in [0.1, 0.15) is 127 Å². The number of rotatable bonds is 9. The number of thiophene rings is 1. The van der Waals surface area contributed by atoms with Crippen LogP contribution >= 0.6 is 11.3 Å². The Bertz CT molecular complexity index is 1910. The number of fused-ring (bicyclic) bond motifs is 5. The quantitative estimate of drug-likeness (QED) is 0.182. The Morgan fingerprint density at radius 2 is 1.20 bits per heavy atom. The fourth-order valence-electron chi connectivity index (χ4n) is 8.47. The summed E-state index contributed by atoms with van der Waals surface area (Å²) in [5.41, 5.74) is 6.95. The number of amides is 2. The largest absolute Gasteiger partial charge is 0.366 e. The first kappa shape index (κ1) is 33.4. The highest BCUT2D eigenvalue weighted by atomic mass is 32.1. The van der Waals surface area contributed by atoms with E-state index in [0.717, 1.165) is 85.1 Å². The number of imidazole rings is 2. The maximum absolute atomic E-state index is 13.3. The Morgan fingerprint density at radius 3 is 1.78 bits per heavy atom. The molecule has 3 saturated heterocycles. The summed E-state index contributed by atoms with van der Waals surface area (Å²) in [7, 11) is 0. The number of nitrogens with zero attached hydrogens (tertiary/aromatic N) is 4. The van der Waals surface area contributed by atoms with E-state index < -0.39 is 0 Å². The number of aromatic nitrogens is 4. The second-order valence-electron chi connectivity index (χ2n) is 15.7. The van der Waals surface area contributed by atoms with Crippen LogP contribution in [-0.4, -0.2) is 54.6 Å². The lowest BCUT2D eigenvalue weighted by atomic mass is 9.84. The maximum Gasteiger partial charge on any atom is 0.226 e. The minimum Gasteiger partial charge on any atom is -0.366 e. The Kier molecular flexibility index (Phi) is 8.74. The summed E-state index contributed by atoms with van der Waals surface area (Å²) in [5.74, 6) is 2.83. The lowest BCUT2D eigenvalue weighted by Crippen LogP contribution is -2.36. The highest BCUT2D eigenvalue weighted by molar-refractivity contribution is 7.18. The molecule has 2 unspecified atom stereocenters. The average molecular weight is 695 g/mol. The molecule has 4 aliphatic heterocycles. The number of nitrogens with one attached hydrogen (secondary N) is 2. The van der Waals surface area contributed by atoms with Crippen molar-refractivity contribution >= 4 is 23.2 Å². The first-order valence-electron chi connectivity index (χ1n) is 18.7. The topological polar surface area (TPSA) is 107 Å². The van der Waals surface area contributed by atoms with E-state index in [1.165, 1.54) is 21.6 Å². The predicted molar refractivity (Wildman–Crippen MR) is 196 cm³/mol. The second-order valence-corrected chi connectivity index (χ2v) is 16.7. The van der Waals surface area contributed by atoms with Gasteiger partial charge in [0.15, 0.2) is 0 Å². The van der Waals surface area contributed by atoms with E-state index in [0.29, 0.717) is 11.8 Å². The molecule has 2 amide bonds. The number of ether oxygens (including phenoxy) is 1. The van der Waals surface area contributed by atoms with Crippen molar-refractivity contribution in [3.05, 3.63) is 59.4 Å². The fraction of sp³-hybridized carbons (Fsp3) is 0.550. The number of H-pyrrole nitrogens is 2. The van der Waals surface area contributed by atoms with Crippen LogP contribution in [0.3, 0.4) is 0 Å². The zero-order valence-corrected chi connectivity index (χ0v) is 31.0. The number of carbonyl (C=O) groups excluding carboxylic acids is 2. The van der Waals surface area contributed by atoms with Gasteiger partial charge in [0, 0.05) is 35.4 Å². The predicted octanol–water partition coefficient (Wildman–Crippen LogP) is 9.01. The maximum atomic E-state index is 13.3. The monoisotopic (exact) mass is 694 g/mol. The van der Waals surface area contributed by atoms with E-state index in [-0.39, 0.29) is 47.9 Å². The summed E-state index contributed by atoms with van der Waals surface area (Å²) in [6.07, 6.45) is 9.97. The van der Waals surface area contributed by atoms with Crippen molar-refractivity contribution in [1.82, 2.24) is 29.7 Å². The molecule has 2 N–H and O–H groups in total. The normalized spacial score (nSPS) is 24.2. The molecule has 0 spiro atoms. The van der Waals surface area contributed by atoms with Crippen molar-refractivity contribution in [2.45, 2.75) is 104 Å². The van der Waals surface area contributed by atoms with Gasteiger partial charge in [-0.25, -0.2) is 9.97 Å². The molecule has 9 nitrogen and oxygen atoms in total. The SMILES string of the molecule is CC(C)[C@H](C)C(=O)N1CCC[C@H]1c1ncc(-c2ccc(-c3ccc(-c4cnc([C@@H]5CCCN5C(=O)[C@@H](C)C(C)C)[nH]4)c4c3C3CCC4O3)s2)[nH]1. The lowest BCUT2D eigenvalue weighted by molar-refractivity contribution is -0.138. The van der Waals surface area contributed by atoms with Gasteiger partial charge in [0.1, 0.15) is 11.6 Å². The van der Waals surface area contributed by atoms with Crippen LogP contribution in [0, 0.1) is 23.7 Å². The molecular formula is C40H50N6O3S. The van der Waals surface area contributed by atoms with E-state index in [1.807, 2.05) is 36.0 Å². The molecule has 7 heterocycles. The Morgan fingerprint density at radius 1 is 0.700 bits per heavy atom. The fourth-order valence-corrected chi connectivity index (χ4v) is 9.48. The second kappa shape index (κ2) is 13.1. The van der Waals surface area contributed by atoms with Crippen molar-refractivity contribution in [3.8, 4) is 32.3 Å². The van der Waals surface area contributed by atoms with Crippen LogP contribution in [0.2, 0.25) is 0 Å². The van der Waals surface area contributed by atoms with Crippen molar-refractivity contribution < 1.29 is 14.3 Å². The highest BCUT2D eigenvalue weighted by Gasteiger charge is 2.42. The average Bonchev–Trinajstić information content (AvgIpc) is 3.95. The molecule has 6 atom stereocenters. The molecule has 3 fully saturated rings. The van der Waals surface area contributed by atoms with E-state index in [1.54, 1.807) is 11.3 Å². The van der Waals surface area contributed by atoms with Crippen LogP contribution in [0.4, 0.5) is 0 Å². The lowest BCUT2D eigenvalue weighted by Gasteiger charge is -2.28. The molecule has 0 aliphatic carbocycles. The summed E-state index contributed by atoms with van der Waals surface area (Å²) in [6.45, 7) is 14.1. The van der Waals surface area contributed by atoms with E-state index in [4.69, 9.17) is 14.7 Å². The van der Waals surface area contributed by atoms with Crippen LogP contribution in [-0.2, 0) is 14.3 Å². The molecule has 50 heavy (non-hydrogen) atoms. The van der Waals surface area contributed by atoms with Gasteiger partial charge >= 0.3 is 0 Å². The smallest absolute Gasteiger partial charge is 0.226 e. The Balaban J connectivity index is 1.06. The van der Waals surface area contributed by atoms with Crippen molar-refractivity contribution in [1.29, 1.82) is 0 Å². The van der Waals surface area contributed by atoms with Crippen molar-refractivity contribution in [3.63, 3.8) is 0 Å². The number of likely N-dealkylation sites (tertiary alicyclic amines) is 2. The number of hydrogen-bond acceptors (Lipinski definition) is 6. The van der Waals surface area contributed by atoms with E-state index in [2.05, 4.69) is 61.9 Å². The molecule has 264 valence electrons. The molecule has 0 radical (unpaired) electrons. The zero-order valence-electron chi connectivity index (χ0n) is 30.2. The third-order valence-electron chi connectivity index (χ3n) is 12.1. The molecule has 2 bridgehead atoms. The Labute approximate surface area is 299 Å². The summed E-state index contributed by atoms with van der Waals surface area (Å²) >= 11 is 1.77. The minimum absolute atomic E-state index is 0.000574. The van der Waals surface area contributed by atoms with Crippen LogP contribution in [0.25, 0.3) is 32.3 Å². The van der Waals surface area contributed by atoms with Gasteiger partial charge in [-0.3, -0.25) is 9.59 Å². The van der Waals surface area contributed by atoms with Crippen molar-refractivity contribution in [2.24, 2.45) is 23.7 Å². The van der Waals surface area contributed by atoms with Gasteiger partial charge in [-0.1, -0.05) is 53.7 Å². The van der Waals surface area contributed by atoms with Gasteiger partial charge < -0.3 is 24.5 Å². The number of carbonyl (C=O) groups is 2. The van der Waals surface area contributed by atoms with Crippen LogP contribution in [0.5, 0.6) is 0 Å². The number of hydrogen-bond donors (Lipinski definition) is 2. The van der Waals surface area contributed by atoms with Gasteiger partial charge in [0.2, 0.25) is 11.8 Å². The molecule has 3 aromatic heterocycles. The zero-order chi connectivity index (χ0) is 34.8. The first-order valence-corrected chi connectivity index (χ1v) is 19.6. The summed E-state index contributed by atoms with van der Waals surface area (Å²) in [6, 6.07) is 8.87. The van der Waals surface area contributed by atoms with Gasteiger partial charge in [-0.2, -0.15) is 0 Å². The molecular weight excluding hydrogens is 645 g/mol. The third-order valence-corrected chi connectivity index (χ3v) is 13.2. The highest BCUT2D eigenvalue weighted by Crippen LogP contribution is 2.57. The van der Waals surface area contributed by atoms with Crippen molar-refractivity contribution in [2.75, 3.05) is 13.1 Å². The first-order chi connectivity index (χ1) is 24.1. The number of benzene rings is 1. The molecule has 4 aliphatic rings. The number of aromatic amines is 2. The molecule has 1 aromatic carbocycles. The summed E-state index contributed by atoms with van der Waals surface area (Å²) in [5, 5.41) is 0. The molecule has 0 saturated carbocycles. The molecule has 4 aromatic rings. The van der Waals surface area contributed by atoms with Gasteiger partial charge in [-0.05, 0) is 79.2 Å². The Hall–Kier alpha value is -3.76. The molecule has 8 rings (SSSR count). The summed E-state index contributed by atoms with van der Waals surface area (Å²) < 4.78 is 6.55. The van der Waals surface area contributed by atoms with Crippen LogP contribution < -0.4 is 0 Å². The van der Waals surface area contributed by atoms with E-state index >= 15 is 0 Å². The van der Waals surface area contributed by atoms with Crippen LogP contribution in [0.15, 0.2) is 36.7 Å². The standard InChI is InChI=1S/C40H50N6O3S/c1-21(2)23(5)39(47)45-17-7-9-29(45)37-41-19-27(43-37)25-11-12-26(36-32-14-13-31(49-32)35(25)36)33-15-16-34(50-33)28-20-42-38(44-28)30-10-8-18-46(30)40(48)24(6)22(3)4/h11-12,15-16,19-24,29-32H,7-10,13-14,17-18H2,1-6H3,(H,41,43)(H,42,44)/t23-,24-,29-,30-,31?,32?/m0/s1. The molecule has 10 heteroatoms. The van der Waals surface area contributed by atoms with Gasteiger partial charge in [0.25, 0.3) is 0 Å². The minimum atomic E-state index is -0.00848. The van der Waals surface area contributed by atoms with Gasteiger partial charge in [-0.15, -0.1) is 11.3 Å². The van der Waals surface area contributed by atoms with E-state index in [9.17, 15) is 9.59 Å². The third kappa shape index (κ3) is 5.63. The summed E-state index contributed by atoms with van der Waals surface area (Å²) in [4.78, 5) is 49.9.